The van der Waals surface area contributed by atoms with E-state index in [1.807, 2.05) is 13.0 Å². The largest absolute Gasteiger partial charge is 0.398 e. The number of amides is 1. The molecule has 2 aromatic rings. The minimum Gasteiger partial charge on any atom is -0.398 e. The van der Waals surface area contributed by atoms with Gasteiger partial charge in [0.15, 0.2) is 0 Å². The normalized spacial score (nSPS) is 10.1. The number of nitrogens with zero attached hydrogens (tertiary/aromatic N) is 1. The average Bonchev–Trinajstić information content (AvgIpc) is 2.38. The Morgan fingerprint density at radius 2 is 2.11 bits per heavy atom. The van der Waals surface area contributed by atoms with Gasteiger partial charge >= 0.3 is 0 Å². The highest BCUT2D eigenvalue weighted by Crippen LogP contribution is 2.11. The van der Waals surface area contributed by atoms with Crippen LogP contribution in [0.1, 0.15) is 21.5 Å². The molecule has 0 bridgehead atoms. The number of rotatable bonds is 3. The van der Waals surface area contributed by atoms with E-state index in [2.05, 4.69) is 10.3 Å². The van der Waals surface area contributed by atoms with Crippen LogP contribution in [0.5, 0.6) is 0 Å². The Hall–Kier alpha value is -2.36. The predicted molar refractivity (Wildman–Crippen MR) is 71.0 cm³/mol. The third-order valence-electron chi connectivity index (χ3n) is 2.79. The van der Waals surface area contributed by atoms with Gasteiger partial charge in [-0.2, -0.15) is 0 Å². The Balaban J connectivity index is 2.06. The van der Waals surface area contributed by atoms with Crippen molar-refractivity contribution in [1.29, 1.82) is 0 Å². The van der Waals surface area contributed by atoms with Crippen LogP contribution >= 0.6 is 0 Å². The number of benzene rings is 1. The zero-order valence-electron chi connectivity index (χ0n) is 10.2. The number of nitrogens with one attached hydrogen (secondary N) is 1. The molecule has 4 nitrogen and oxygen atoms in total. The molecule has 1 aromatic heterocycles. The fourth-order valence-electron chi connectivity index (χ4n) is 1.66. The number of para-hydroxylation sites is 1. The lowest BCUT2D eigenvalue weighted by Gasteiger charge is -2.08. The van der Waals surface area contributed by atoms with Crippen molar-refractivity contribution in [1.82, 2.24) is 10.3 Å². The van der Waals surface area contributed by atoms with Gasteiger partial charge in [0.2, 0.25) is 0 Å². The SMILES string of the molecule is Cc1ccncc1CNC(=O)c1ccccc1N. The van der Waals surface area contributed by atoms with E-state index in [4.69, 9.17) is 5.73 Å². The number of anilines is 1. The molecule has 0 aliphatic carbocycles. The van der Waals surface area contributed by atoms with Crippen LogP contribution in [0.3, 0.4) is 0 Å². The zero-order valence-corrected chi connectivity index (χ0v) is 10.2. The number of carbonyl (C=O) groups excluding carboxylic acids is 1. The summed E-state index contributed by atoms with van der Waals surface area (Å²) in [5.41, 5.74) is 8.83. The van der Waals surface area contributed by atoms with Crippen LogP contribution in [-0.2, 0) is 6.54 Å². The molecule has 92 valence electrons. The first-order valence-corrected chi connectivity index (χ1v) is 5.70. The van der Waals surface area contributed by atoms with Crippen molar-refractivity contribution in [3.8, 4) is 0 Å². The molecule has 4 heteroatoms. The highest BCUT2D eigenvalue weighted by molar-refractivity contribution is 5.98. The second-order valence-corrected chi connectivity index (χ2v) is 4.07. The second-order valence-electron chi connectivity index (χ2n) is 4.07. The van der Waals surface area contributed by atoms with E-state index in [1.54, 1.807) is 36.7 Å². The number of carbonyl (C=O) groups is 1. The molecular weight excluding hydrogens is 226 g/mol. The molecule has 0 aliphatic rings. The maximum atomic E-state index is 11.9. The van der Waals surface area contributed by atoms with Gasteiger partial charge in [0.25, 0.3) is 5.91 Å². The lowest BCUT2D eigenvalue weighted by Crippen LogP contribution is -2.24. The first-order chi connectivity index (χ1) is 8.68. The summed E-state index contributed by atoms with van der Waals surface area (Å²) in [7, 11) is 0. The van der Waals surface area contributed by atoms with E-state index in [0.717, 1.165) is 11.1 Å². The van der Waals surface area contributed by atoms with Gasteiger partial charge in [-0.25, -0.2) is 0 Å². The molecule has 3 N–H and O–H groups in total. The van der Waals surface area contributed by atoms with E-state index < -0.39 is 0 Å². The lowest BCUT2D eigenvalue weighted by atomic mass is 10.1. The lowest BCUT2D eigenvalue weighted by molar-refractivity contribution is 0.0952. The minimum atomic E-state index is -0.170. The number of nitrogens with two attached hydrogens (primary N) is 1. The van der Waals surface area contributed by atoms with Gasteiger partial charge in [0.1, 0.15) is 0 Å². The number of hydrogen-bond donors (Lipinski definition) is 2. The molecule has 1 aromatic carbocycles. The minimum absolute atomic E-state index is 0.170. The van der Waals surface area contributed by atoms with Gasteiger partial charge in [-0.1, -0.05) is 12.1 Å². The second kappa shape index (κ2) is 5.31. The van der Waals surface area contributed by atoms with Crippen LogP contribution in [-0.4, -0.2) is 10.9 Å². The van der Waals surface area contributed by atoms with Crippen LogP contribution in [0.25, 0.3) is 0 Å². The predicted octanol–water partition coefficient (Wildman–Crippen LogP) is 1.90. The van der Waals surface area contributed by atoms with Crippen molar-refractivity contribution in [3.05, 3.63) is 59.4 Å². The van der Waals surface area contributed by atoms with Gasteiger partial charge < -0.3 is 11.1 Å². The maximum Gasteiger partial charge on any atom is 0.253 e. The van der Waals surface area contributed by atoms with Crippen molar-refractivity contribution in [2.45, 2.75) is 13.5 Å². The summed E-state index contributed by atoms with van der Waals surface area (Å²) in [5, 5.41) is 2.84. The van der Waals surface area contributed by atoms with E-state index in [0.29, 0.717) is 17.8 Å². The number of pyridine rings is 1. The average molecular weight is 241 g/mol. The summed E-state index contributed by atoms with van der Waals surface area (Å²) in [5.74, 6) is -0.170. The van der Waals surface area contributed by atoms with E-state index in [-0.39, 0.29) is 5.91 Å². The van der Waals surface area contributed by atoms with Gasteiger partial charge in [-0.05, 0) is 36.2 Å². The van der Waals surface area contributed by atoms with Crippen molar-refractivity contribution in [2.24, 2.45) is 0 Å². The molecule has 0 aliphatic heterocycles. The Morgan fingerprint density at radius 3 is 2.83 bits per heavy atom. The fraction of sp³-hybridized carbons (Fsp3) is 0.143. The van der Waals surface area contributed by atoms with Crippen LogP contribution < -0.4 is 11.1 Å². The molecule has 2 rings (SSSR count). The molecule has 0 radical (unpaired) electrons. The summed E-state index contributed by atoms with van der Waals surface area (Å²) in [6, 6.07) is 8.93. The molecule has 0 saturated carbocycles. The van der Waals surface area contributed by atoms with Gasteiger partial charge in [0.05, 0.1) is 5.56 Å². The van der Waals surface area contributed by atoms with Crippen LogP contribution in [0.15, 0.2) is 42.7 Å². The Bertz CT molecular complexity index is 566. The van der Waals surface area contributed by atoms with Crippen LogP contribution in [0.4, 0.5) is 5.69 Å². The van der Waals surface area contributed by atoms with Crippen LogP contribution in [0, 0.1) is 6.92 Å². The molecular formula is C14H15N3O. The Morgan fingerprint density at radius 1 is 1.33 bits per heavy atom. The van der Waals surface area contributed by atoms with Crippen molar-refractivity contribution in [2.75, 3.05) is 5.73 Å². The first-order valence-electron chi connectivity index (χ1n) is 5.70. The monoisotopic (exact) mass is 241 g/mol. The third-order valence-corrected chi connectivity index (χ3v) is 2.79. The Kier molecular flexibility index (Phi) is 3.57. The zero-order chi connectivity index (χ0) is 13.0. The smallest absolute Gasteiger partial charge is 0.253 e. The molecule has 18 heavy (non-hydrogen) atoms. The standard InChI is InChI=1S/C14H15N3O/c1-10-6-7-16-8-11(10)9-17-14(18)12-4-2-3-5-13(12)15/h2-8H,9,15H2,1H3,(H,17,18). The Labute approximate surface area is 106 Å². The van der Waals surface area contributed by atoms with Crippen molar-refractivity contribution < 1.29 is 4.79 Å². The summed E-state index contributed by atoms with van der Waals surface area (Å²) in [6.45, 7) is 2.44. The summed E-state index contributed by atoms with van der Waals surface area (Å²) in [4.78, 5) is 16.0. The summed E-state index contributed by atoms with van der Waals surface area (Å²) >= 11 is 0. The molecule has 1 heterocycles. The van der Waals surface area contributed by atoms with E-state index in [1.165, 1.54) is 0 Å². The number of aromatic nitrogens is 1. The molecule has 0 unspecified atom stereocenters. The summed E-state index contributed by atoms with van der Waals surface area (Å²) < 4.78 is 0. The summed E-state index contributed by atoms with van der Waals surface area (Å²) in [6.07, 6.45) is 3.49. The highest BCUT2D eigenvalue weighted by atomic mass is 16.1. The molecule has 0 saturated heterocycles. The number of hydrogen-bond acceptors (Lipinski definition) is 3. The molecule has 1 amide bonds. The fourth-order valence-corrected chi connectivity index (χ4v) is 1.66. The van der Waals surface area contributed by atoms with Gasteiger partial charge in [-0.3, -0.25) is 9.78 Å². The quantitative estimate of drug-likeness (QED) is 0.806. The van der Waals surface area contributed by atoms with Crippen molar-refractivity contribution >= 4 is 11.6 Å². The maximum absolute atomic E-state index is 11.9. The number of aryl methyl sites for hydroxylation is 1. The molecule has 0 spiro atoms. The van der Waals surface area contributed by atoms with E-state index in [9.17, 15) is 4.79 Å². The third kappa shape index (κ3) is 2.66. The first kappa shape index (κ1) is 12.1. The van der Waals surface area contributed by atoms with E-state index >= 15 is 0 Å². The molecule has 0 fully saturated rings. The van der Waals surface area contributed by atoms with Gasteiger partial charge in [-0.15, -0.1) is 0 Å². The number of nitrogen functional groups attached to an aromatic ring is 1. The topological polar surface area (TPSA) is 68.0 Å². The van der Waals surface area contributed by atoms with Gasteiger partial charge in [0, 0.05) is 24.6 Å². The highest BCUT2D eigenvalue weighted by Gasteiger charge is 2.08. The van der Waals surface area contributed by atoms with Crippen LogP contribution in [0.2, 0.25) is 0 Å². The van der Waals surface area contributed by atoms with Crippen molar-refractivity contribution in [3.63, 3.8) is 0 Å². The molecule has 0 atom stereocenters.